The molecule has 1 aliphatic heterocycles. The summed E-state index contributed by atoms with van der Waals surface area (Å²) in [6, 6.07) is 13.4. The van der Waals surface area contributed by atoms with Gasteiger partial charge >= 0.3 is 0 Å². The Balaban J connectivity index is 1.43. The highest BCUT2D eigenvalue weighted by atomic mass is 32.2. The monoisotopic (exact) mass is 384 g/mol. The van der Waals surface area contributed by atoms with E-state index in [2.05, 4.69) is 10.1 Å². The molecule has 1 saturated heterocycles. The summed E-state index contributed by atoms with van der Waals surface area (Å²) in [5.41, 5.74) is 1.07. The smallest absolute Gasteiger partial charge is 0.246 e. The van der Waals surface area contributed by atoms with Crippen molar-refractivity contribution in [2.75, 3.05) is 13.1 Å². The quantitative estimate of drug-likeness (QED) is 0.651. The molecular weight excluding hydrogens is 364 g/mol. The third-order valence-electron chi connectivity index (χ3n) is 4.48. The molecule has 1 aromatic carbocycles. The minimum atomic E-state index is -3.58. The lowest BCUT2D eigenvalue weighted by molar-refractivity contribution is 0.214. The lowest BCUT2D eigenvalue weighted by Gasteiger charge is -2.16. The molecule has 27 heavy (non-hydrogen) atoms. The van der Waals surface area contributed by atoms with Crippen molar-refractivity contribution in [3.8, 4) is 5.75 Å². The molecule has 1 aliphatic rings. The molecule has 1 fully saturated rings. The summed E-state index contributed by atoms with van der Waals surface area (Å²) in [6.45, 7) is 1.28. The Bertz CT molecular complexity index is 990. The molecule has 0 radical (unpaired) electrons. The highest BCUT2D eigenvalue weighted by Gasteiger charge is 2.34. The van der Waals surface area contributed by atoms with Crippen LogP contribution in [0.3, 0.4) is 0 Å². The topological polar surface area (TPSA) is 77.3 Å². The fourth-order valence-electron chi connectivity index (χ4n) is 3.11. The van der Waals surface area contributed by atoms with Gasteiger partial charge in [-0.3, -0.25) is 9.67 Å². The number of pyridine rings is 1. The molecule has 0 saturated carbocycles. The summed E-state index contributed by atoms with van der Waals surface area (Å²) >= 11 is 0. The molecular formula is C19H20N4O3S. The van der Waals surface area contributed by atoms with Gasteiger partial charge in [-0.05, 0) is 24.1 Å². The number of benzene rings is 1. The van der Waals surface area contributed by atoms with Crippen LogP contribution in [0, 0.1) is 0 Å². The molecule has 0 unspecified atom stereocenters. The summed E-state index contributed by atoms with van der Waals surface area (Å²) in [5, 5.41) is 4.21. The second-order valence-corrected chi connectivity index (χ2v) is 8.38. The third kappa shape index (κ3) is 4.01. The molecule has 8 heteroatoms. The second kappa shape index (κ2) is 7.50. The molecule has 140 valence electrons. The first kappa shape index (κ1) is 17.7. The normalized spacial score (nSPS) is 17.9. The summed E-state index contributed by atoms with van der Waals surface area (Å²) in [6.07, 6.45) is 6.76. The fourth-order valence-corrected chi connectivity index (χ4v) is 4.55. The average molecular weight is 384 g/mol. The van der Waals surface area contributed by atoms with Gasteiger partial charge in [-0.2, -0.15) is 9.40 Å². The summed E-state index contributed by atoms with van der Waals surface area (Å²) in [7, 11) is -3.58. The SMILES string of the molecule is O=S(=O)(c1cnn(Cc2ccccc2)c1)N1CC[C@@H](Oc2cccnc2)C1. The van der Waals surface area contributed by atoms with Crippen LogP contribution >= 0.6 is 0 Å². The Hall–Kier alpha value is -2.71. The van der Waals surface area contributed by atoms with Crippen LogP contribution < -0.4 is 4.74 Å². The zero-order chi connectivity index (χ0) is 18.7. The van der Waals surface area contributed by atoms with Crippen molar-refractivity contribution in [3.63, 3.8) is 0 Å². The first-order valence-electron chi connectivity index (χ1n) is 8.74. The van der Waals surface area contributed by atoms with Gasteiger partial charge in [-0.15, -0.1) is 0 Å². The van der Waals surface area contributed by atoms with Gasteiger partial charge in [0.05, 0.1) is 25.5 Å². The lowest BCUT2D eigenvalue weighted by Crippen LogP contribution is -2.30. The molecule has 4 rings (SSSR count). The number of hydrogen-bond acceptors (Lipinski definition) is 5. The van der Waals surface area contributed by atoms with Gasteiger partial charge in [0.15, 0.2) is 0 Å². The van der Waals surface area contributed by atoms with E-state index in [1.807, 2.05) is 36.4 Å². The van der Waals surface area contributed by atoms with Crippen LogP contribution in [0.25, 0.3) is 0 Å². The number of sulfonamides is 1. The van der Waals surface area contributed by atoms with E-state index in [0.717, 1.165) is 5.56 Å². The molecule has 1 atom stereocenters. The molecule has 0 aliphatic carbocycles. The van der Waals surface area contributed by atoms with E-state index in [4.69, 9.17) is 4.74 Å². The van der Waals surface area contributed by atoms with Crippen molar-refractivity contribution < 1.29 is 13.2 Å². The molecule has 3 aromatic rings. The van der Waals surface area contributed by atoms with Crippen LogP contribution in [0.15, 0.2) is 72.1 Å². The first-order valence-corrected chi connectivity index (χ1v) is 10.2. The van der Waals surface area contributed by atoms with Crippen molar-refractivity contribution in [2.45, 2.75) is 24.0 Å². The number of ether oxygens (including phenoxy) is 1. The summed E-state index contributed by atoms with van der Waals surface area (Å²) < 4.78 is 34.7. The van der Waals surface area contributed by atoms with Crippen LogP contribution in [0.4, 0.5) is 0 Å². The van der Waals surface area contributed by atoms with E-state index in [1.54, 1.807) is 29.3 Å². The maximum atomic E-state index is 12.9. The first-order chi connectivity index (χ1) is 13.1. The average Bonchev–Trinajstić information content (AvgIpc) is 3.34. The lowest BCUT2D eigenvalue weighted by atomic mass is 10.2. The van der Waals surface area contributed by atoms with Crippen molar-refractivity contribution in [2.24, 2.45) is 0 Å². The van der Waals surface area contributed by atoms with Crippen LogP contribution in [0.1, 0.15) is 12.0 Å². The van der Waals surface area contributed by atoms with Crippen LogP contribution in [0.2, 0.25) is 0 Å². The van der Waals surface area contributed by atoms with E-state index < -0.39 is 10.0 Å². The largest absolute Gasteiger partial charge is 0.487 e. The van der Waals surface area contributed by atoms with Crippen molar-refractivity contribution >= 4 is 10.0 Å². The Morgan fingerprint density at radius 2 is 1.96 bits per heavy atom. The Kier molecular flexibility index (Phi) is 4.91. The van der Waals surface area contributed by atoms with E-state index in [0.29, 0.717) is 31.8 Å². The molecule has 0 bridgehead atoms. The van der Waals surface area contributed by atoms with E-state index in [1.165, 1.54) is 10.5 Å². The molecule has 0 N–H and O–H groups in total. The second-order valence-electron chi connectivity index (χ2n) is 6.44. The van der Waals surface area contributed by atoms with Gasteiger partial charge in [0.1, 0.15) is 16.7 Å². The van der Waals surface area contributed by atoms with Crippen molar-refractivity contribution in [1.82, 2.24) is 19.1 Å². The Morgan fingerprint density at radius 3 is 2.74 bits per heavy atom. The minimum absolute atomic E-state index is 0.177. The highest BCUT2D eigenvalue weighted by molar-refractivity contribution is 7.89. The third-order valence-corrected chi connectivity index (χ3v) is 6.30. The van der Waals surface area contributed by atoms with E-state index in [9.17, 15) is 8.42 Å². The molecule has 7 nitrogen and oxygen atoms in total. The predicted octanol–water partition coefficient (Wildman–Crippen LogP) is 2.17. The van der Waals surface area contributed by atoms with Gasteiger partial charge in [-0.1, -0.05) is 30.3 Å². The number of aromatic nitrogens is 3. The predicted molar refractivity (Wildman–Crippen MR) is 99.8 cm³/mol. The maximum absolute atomic E-state index is 12.9. The summed E-state index contributed by atoms with van der Waals surface area (Å²) in [4.78, 5) is 4.22. The number of rotatable bonds is 6. The number of hydrogen-bond donors (Lipinski definition) is 0. The van der Waals surface area contributed by atoms with Crippen LogP contribution in [-0.4, -0.2) is 46.7 Å². The maximum Gasteiger partial charge on any atom is 0.246 e. The zero-order valence-corrected chi connectivity index (χ0v) is 15.5. The van der Waals surface area contributed by atoms with Crippen molar-refractivity contribution in [1.29, 1.82) is 0 Å². The number of nitrogens with zero attached hydrogens (tertiary/aromatic N) is 4. The minimum Gasteiger partial charge on any atom is -0.487 e. The van der Waals surface area contributed by atoms with Crippen LogP contribution in [0.5, 0.6) is 5.75 Å². The molecule has 0 spiro atoms. The van der Waals surface area contributed by atoms with Gasteiger partial charge in [-0.25, -0.2) is 8.42 Å². The van der Waals surface area contributed by atoms with Crippen LogP contribution in [-0.2, 0) is 16.6 Å². The molecule has 2 aromatic heterocycles. The van der Waals surface area contributed by atoms with Gasteiger partial charge in [0.2, 0.25) is 10.0 Å². The summed E-state index contributed by atoms with van der Waals surface area (Å²) in [5.74, 6) is 0.650. The van der Waals surface area contributed by atoms with Gasteiger partial charge < -0.3 is 4.74 Å². The standard InChI is InChI=1S/C19H20N4O3S/c24-27(25,19-12-21-22(15-19)13-16-5-2-1-3-6-16)23-10-8-18(14-23)26-17-7-4-9-20-11-17/h1-7,9,11-12,15,18H,8,10,13-14H2/t18-/m1/s1. The van der Waals surface area contributed by atoms with Gasteiger partial charge in [0.25, 0.3) is 0 Å². The van der Waals surface area contributed by atoms with E-state index >= 15 is 0 Å². The molecule has 3 heterocycles. The Morgan fingerprint density at radius 1 is 1.11 bits per heavy atom. The van der Waals surface area contributed by atoms with Gasteiger partial charge in [0, 0.05) is 18.9 Å². The van der Waals surface area contributed by atoms with E-state index in [-0.39, 0.29) is 11.0 Å². The highest BCUT2D eigenvalue weighted by Crippen LogP contribution is 2.23. The fraction of sp³-hybridized carbons (Fsp3) is 0.263. The molecule has 0 amide bonds. The zero-order valence-electron chi connectivity index (χ0n) is 14.7. The Labute approximate surface area is 158 Å². The van der Waals surface area contributed by atoms with Crippen molar-refractivity contribution in [3.05, 3.63) is 72.8 Å².